The minimum Gasteiger partial charge on any atom is -0.481 e. The van der Waals surface area contributed by atoms with Gasteiger partial charge in [0.15, 0.2) is 0 Å². The third-order valence-corrected chi connectivity index (χ3v) is 4.06. The molecule has 0 aliphatic carbocycles. The van der Waals surface area contributed by atoms with Crippen molar-refractivity contribution >= 4 is 21.1 Å². The van der Waals surface area contributed by atoms with Crippen LogP contribution in [0.15, 0.2) is 54.6 Å². The summed E-state index contributed by atoms with van der Waals surface area (Å²) in [5, 5.41) is 14.4. The van der Waals surface area contributed by atoms with Crippen LogP contribution in [0, 0.1) is 0 Å². The van der Waals surface area contributed by atoms with E-state index in [1.54, 1.807) is 0 Å². The first-order valence-corrected chi connectivity index (χ1v) is 8.99. The molecule has 2 aromatic carbocycles. The summed E-state index contributed by atoms with van der Waals surface area (Å²) < 4.78 is 0. The molecule has 0 radical (unpaired) electrons. The van der Waals surface area contributed by atoms with Gasteiger partial charge in [0.2, 0.25) is 5.91 Å². The largest absolute Gasteiger partial charge is 0.481 e. The van der Waals surface area contributed by atoms with E-state index in [1.165, 1.54) is 0 Å². The quantitative estimate of drug-likeness (QED) is 0.601. The SMILES string of the molecule is O=C(O)CCNC(=O)[C@H](Cc1ccc(-c2ccccc2)cc1)NCP. The second-order valence-electron chi connectivity index (χ2n) is 5.66. The van der Waals surface area contributed by atoms with Gasteiger partial charge in [-0.05, 0) is 23.1 Å². The van der Waals surface area contributed by atoms with E-state index in [0.717, 1.165) is 16.7 Å². The predicted molar refractivity (Wildman–Crippen MR) is 102 cm³/mol. The van der Waals surface area contributed by atoms with E-state index >= 15 is 0 Å². The van der Waals surface area contributed by atoms with Crippen LogP contribution in [0.2, 0.25) is 0 Å². The van der Waals surface area contributed by atoms with Crippen LogP contribution in [-0.2, 0) is 16.0 Å². The van der Waals surface area contributed by atoms with Crippen molar-refractivity contribution in [2.75, 3.05) is 12.8 Å². The molecule has 5 nitrogen and oxygen atoms in total. The Kier molecular flexibility index (Phi) is 7.58. The van der Waals surface area contributed by atoms with Crippen molar-refractivity contribution in [1.29, 1.82) is 0 Å². The molecular weight excluding hydrogens is 335 g/mol. The van der Waals surface area contributed by atoms with Crippen molar-refractivity contribution in [1.82, 2.24) is 10.6 Å². The van der Waals surface area contributed by atoms with Crippen LogP contribution < -0.4 is 10.6 Å². The molecule has 0 bridgehead atoms. The Morgan fingerprint density at radius 1 is 1.00 bits per heavy atom. The molecule has 2 aromatic rings. The Balaban J connectivity index is 1.99. The molecule has 2 atom stereocenters. The van der Waals surface area contributed by atoms with E-state index in [1.807, 2.05) is 42.5 Å². The fraction of sp³-hybridized carbons (Fsp3) is 0.263. The second-order valence-corrected chi connectivity index (χ2v) is 6.07. The van der Waals surface area contributed by atoms with E-state index in [4.69, 9.17) is 5.11 Å². The van der Waals surface area contributed by atoms with Crippen molar-refractivity contribution in [3.8, 4) is 11.1 Å². The lowest BCUT2D eigenvalue weighted by atomic mass is 10.0. The lowest BCUT2D eigenvalue weighted by Gasteiger charge is -2.17. The van der Waals surface area contributed by atoms with E-state index in [9.17, 15) is 9.59 Å². The van der Waals surface area contributed by atoms with Crippen molar-refractivity contribution in [2.45, 2.75) is 18.9 Å². The van der Waals surface area contributed by atoms with Crippen LogP contribution in [0.1, 0.15) is 12.0 Å². The Labute approximate surface area is 150 Å². The normalized spacial score (nSPS) is 11.7. The van der Waals surface area contributed by atoms with Gasteiger partial charge in [0.25, 0.3) is 0 Å². The number of benzene rings is 2. The zero-order valence-corrected chi connectivity index (χ0v) is 15.1. The molecule has 25 heavy (non-hydrogen) atoms. The Morgan fingerprint density at radius 3 is 2.24 bits per heavy atom. The van der Waals surface area contributed by atoms with E-state index < -0.39 is 12.0 Å². The highest BCUT2D eigenvalue weighted by atomic mass is 31.0. The number of carbonyl (C=O) groups is 2. The molecule has 0 aliphatic rings. The first-order chi connectivity index (χ1) is 12.1. The molecule has 3 N–H and O–H groups in total. The number of aliphatic carboxylic acids is 1. The van der Waals surface area contributed by atoms with Gasteiger partial charge < -0.3 is 15.7 Å². The van der Waals surface area contributed by atoms with Crippen LogP contribution in [0.4, 0.5) is 0 Å². The summed E-state index contributed by atoms with van der Waals surface area (Å²) in [6.45, 7) is 0.135. The van der Waals surface area contributed by atoms with E-state index in [2.05, 4.69) is 32.0 Å². The van der Waals surface area contributed by atoms with Gasteiger partial charge >= 0.3 is 5.97 Å². The van der Waals surface area contributed by atoms with Crippen molar-refractivity contribution in [3.63, 3.8) is 0 Å². The molecule has 0 saturated carbocycles. The number of carboxylic acids is 1. The van der Waals surface area contributed by atoms with Gasteiger partial charge in [0, 0.05) is 12.8 Å². The lowest BCUT2D eigenvalue weighted by Crippen LogP contribution is -2.45. The number of rotatable bonds is 9. The Hall–Kier alpha value is -2.23. The topological polar surface area (TPSA) is 78.4 Å². The highest BCUT2D eigenvalue weighted by Gasteiger charge is 2.17. The summed E-state index contributed by atoms with van der Waals surface area (Å²) in [6.07, 6.45) is 1.05. The summed E-state index contributed by atoms with van der Waals surface area (Å²) in [4.78, 5) is 22.8. The molecule has 6 heteroatoms. The minimum absolute atomic E-state index is 0.0783. The van der Waals surface area contributed by atoms with Gasteiger partial charge in [-0.25, -0.2) is 0 Å². The first kappa shape index (κ1) is 19.1. The van der Waals surface area contributed by atoms with Crippen LogP contribution in [0.3, 0.4) is 0 Å². The van der Waals surface area contributed by atoms with Crippen LogP contribution in [0.5, 0.6) is 0 Å². The van der Waals surface area contributed by atoms with Gasteiger partial charge in [-0.2, -0.15) is 0 Å². The summed E-state index contributed by atoms with van der Waals surface area (Å²) in [5.74, 6) is -1.11. The molecular formula is C19H23N2O3P. The van der Waals surface area contributed by atoms with Gasteiger partial charge in [-0.15, -0.1) is 9.24 Å². The molecule has 0 spiro atoms. The average molecular weight is 358 g/mol. The number of amides is 1. The molecule has 0 aliphatic heterocycles. The molecule has 1 unspecified atom stereocenters. The number of nitrogens with one attached hydrogen (secondary N) is 2. The van der Waals surface area contributed by atoms with E-state index in [0.29, 0.717) is 12.7 Å². The summed E-state index contributed by atoms with van der Waals surface area (Å²) in [7, 11) is 2.54. The summed E-state index contributed by atoms with van der Waals surface area (Å²) in [6, 6.07) is 17.8. The number of carboxylic acid groups (broad SMARTS) is 1. The highest BCUT2D eigenvalue weighted by Crippen LogP contribution is 2.19. The smallest absolute Gasteiger partial charge is 0.305 e. The monoisotopic (exact) mass is 358 g/mol. The number of hydrogen-bond donors (Lipinski definition) is 3. The summed E-state index contributed by atoms with van der Waals surface area (Å²) in [5.41, 5.74) is 3.33. The van der Waals surface area contributed by atoms with Gasteiger partial charge in [0.05, 0.1) is 12.5 Å². The zero-order chi connectivity index (χ0) is 18.1. The predicted octanol–water partition coefficient (Wildman–Crippen LogP) is 2.28. The van der Waals surface area contributed by atoms with Gasteiger partial charge in [0.1, 0.15) is 0 Å². The highest BCUT2D eigenvalue weighted by molar-refractivity contribution is 7.16. The Bertz CT molecular complexity index is 690. The average Bonchev–Trinajstić information content (AvgIpc) is 2.62. The van der Waals surface area contributed by atoms with Crippen LogP contribution in [0.25, 0.3) is 11.1 Å². The maximum atomic E-state index is 12.2. The molecule has 132 valence electrons. The van der Waals surface area contributed by atoms with Gasteiger partial charge in [-0.3, -0.25) is 9.59 Å². The molecule has 2 rings (SSSR count). The molecule has 1 amide bonds. The third-order valence-electron chi connectivity index (χ3n) is 3.82. The van der Waals surface area contributed by atoms with Crippen molar-refractivity contribution < 1.29 is 14.7 Å². The van der Waals surface area contributed by atoms with E-state index in [-0.39, 0.29) is 18.9 Å². The maximum absolute atomic E-state index is 12.2. The van der Waals surface area contributed by atoms with Crippen LogP contribution in [-0.4, -0.2) is 35.9 Å². The molecule has 0 saturated heterocycles. The minimum atomic E-state index is -0.924. The molecule has 0 aromatic heterocycles. The second kappa shape index (κ2) is 9.92. The van der Waals surface area contributed by atoms with Crippen LogP contribution >= 0.6 is 9.24 Å². The number of carbonyl (C=O) groups excluding carboxylic acids is 1. The van der Waals surface area contributed by atoms with Crippen molar-refractivity contribution in [3.05, 3.63) is 60.2 Å². The van der Waals surface area contributed by atoms with Gasteiger partial charge in [-0.1, -0.05) is 54.6 Å². The number of hydrogen-bond acceptors (Lipinski definition) is 3. The lowest BCUT2D eigenvalue weighted by molar-refractivity contribution is -0.137. The molecule has 0 fully saturated rings. The van der Waals surface area contributed by atoms with Crippen molar-refractivity contribution in [2.24, 2.45) is 0 Å². The fourth-order valence-corrected chi connectivity index (χ4v) is 2.80. The zero-order valence-electron chi connectivity index (χ0n) is 13.9. The first-order valence-electron chi connectivity index (χ1n) is 8.17. The summed E-state index contributed by atoms with van der Waals surface area (Å²) >= 11 is 0. The fourth-order valence-electron chi connectivity index (χ4n) is 2.52. The Morgan fingerprint density at radius 2 is 1.64 bits per heavy atom. The maximum Gasteiger partial charge on any atom is 0.305 e. The third kappa shape index (κ3) is 6.29. The standard InChI is InChI=1S/C19H23N2O3P/c22-18(23)10-11-20-19(24)17(21-13-25)12-14-6-8-16(9-7-14)15-4-2-1-3-5-15/h1-9,17,21H,10-13,25H2,(H,20,24)(H,22,23)/t17-/m0/s1. The molecule has 0 heterocycles.